The average Bonchev–Trinajstić information content (AvgIpc) is 2.99. The number of carbonyl (C=O) groups excluding carboxylic acids is 1. The molecule has 1 heterocycles. The van der Waals surface area contributed by atoms with Gasteiger partial charge in [-0.05, 0) is 37.7 Å². The molecule has 1 aromatic rings. The molecule has 0 bridgehead atoms. The summed E-state index contributed by atoms with van der Waals surface area (Å²) < 4.78 is 0. The van der Waals surface area contributed by atoms with Gasteiger partial charge in [0.15, 0.2) is 0 Å². The maximum absolute atomic E-state index is 11.6. The molecule has 0 radical (unpaired) electrons. The highest BCUT2D eigenvalue weighted by molar-refractivity contribution is 7.09. The van der Waals surface area contributed by atoms with E-state index < -0.39 is 0 Å². The lowest BCUT2D eigenvalue weighted by molar-refractivity contribution is -0.116. The fraction of sp³-hybridized carbons (Fsp3) is 0.538. The third-order valence-electron chi connectivity index (χ3n) is 3.28. The molecular formula is C13H18N2O2S. The second kappa shape index (κ2) is 5.63. The summed E-state index contributed by atoms with van der Waals surface area (Å²) >= 11 is 1.57. The number of aliphatic hydroxyl groups is 1. The number of hydrogen-bond donors (Lipinski definition) is 2. The number of aryl methyl sites for hydroxylation is 1. The minimum Gasteiger partial charge on any atom is -0.396 e. The van der Waals surface area contributed by atoms with Crippen LogP contribution in [0.1, 0.15) is 30.0 Å². The molecule has 1 amide bonds. The first-order valence-corrected chi connectivity index (χ1v) is 7.00. The van der Waals surface area contributed by atoms with Gasteiger partial charge in [-0.2, -0.15) is 0 Å². The van der Waals surface area contributed by atoms with Gasteiger partial charge in [-0.15, -0.1) is 11.3 Å². The van der Waals surface area contributed by atoms with Crippen LogP contribution in [-0.4, -0.2) is 29.1 Å². The van der Waals surface area contributed by atoms with Crippen LogP contribution in [-0.2, 0) is 4.79 Å². The molecule has 1 aliphatic carbocycles. The number of aliphatic hydroxyl groups excluding tert-OH is 1. The summed E-state index contributed by atoms with van der Waals surface area (Å²) in [4.78, 5) is 15.9. The fourth-order valence-electron chi connectivity index (χ4n) is 1.88. The Morgan fingerprint density at radius 1 is 1.67 bits per heavy atom. The molecule has 0 aromatic carbocycles. The molecule has 1 saturated carbocycles. The van der Waals surface area contributed by atoms with Crippen molar-refractivity contribution in [1.29, 1.82) is 0 Å². The van der Waals surface area contributed by atoms with Crippen molar-refractivity contribution in [2.24, 2.45) is 5.41 Å². The number of aromatic nitrogens is 1. The summed E-state index contributed by atoms with van der Waals surface area (Å²) in [5.41, 5.74) is 0.985. The van der Waals surface area contributed by atoms with Gasteiger partial charge in [-0.25, -0.2) is 4.98 Å². The summed E-state index contributed by atoms with van der Waals surface area (Å²) in [6, 6.07) is 0. The predicted molar refractivity (Wildman–Crippen MR) is 72.3 cm³/mol. The van der Waals surface area contributed by atoms with Crippen LogP contribution in [0.15, 0.2) is 11.5 Å². The van der Waals surface area contributed by atoms with Crippen molar-refractivity contribution < 1.29 is 9.90 Å². The van der Waals surface area contributed by atoms with Crippen LogP contribution in [0, 0.1) is 12.3 Å². The number of hydrogen-bond acceptors (Lipinski definition) is 4. The molecular weight excluding hydrogens is 248 g/mol. The van der Waals surface area contributed by atoms with E-state index in [4.69, 9.17) is 5.11 Å². The van der Waals surface area contributed by atoms with E-state index in [1.807, 2.05) is 12.3 Å². The maximum Gasteiger partial charge on any atom is 0.244 e. The summed E-state index contributed by atoms with van der Waals surface area (Å²) in [6.45, 7) is 2.80. The molecule has 0 saturated heterocycles. The van der Waals surface area contributed by atoms with Crippen molar-refractivity contribution in [2.45, 2.75) is 26.2 Å². The molecule has 1 fully saturated rings. The number of amides is 1. The minimum atomic E-state index is -0.0927. The molecule has 5 heteroatoms. The molecule has 4 nitrogen and oxygen atoms in total. The standard InChI is InChI=1S/C13H18N2O2S/c1-10-15-11(8-18-10)2-3-12(17)14-9-13(4-5-13)6-7-16/h2-3,8,16H,4-7,9H2,1H3,(H,14,17)/b3-2+. The number of nitrogens with one attached hydrogen (secondary N) is 1. The second-order valence-corrected chi connectivity index (χ2v) is 5.88. The van der Waals surface area contributed by atoms with Crippen molar-refractivity contribution in [3.8, 4) is 0 Å². The molecule has 2 rings (SSSR count). The van der Waals surface area contributed by atoms with Crippen LogP contribution in [0.25, 0.3) is 6.08 Å². The summed E-state index contributed by atoms with van der Waals surface area (Å²) in [5.74, 6) is -0.0927. The van der Waals surface area contributed by atoms with Gasteiger partial charge in [0, 0.05) is 24.6 Å². The summed E-state index contributed by atoms with van der Waals surface area (Å²) in [7, 11) is 0. The van der Waals surface area contributed by atoms with Gasteiger partial charge in [-0.3, -0.25) is 4.79 Å². The van der Waals surface area contributed by atoms with E-state index >= 15 is 0 Å². The van der Waals surface area contributed by atoms with Crippen LogP contribution in [0.5, 0.6) is 0 Å². The van der Waals surface area contributed by atoms with Crippen LogP contribution in [0.3, 0.4) is 0 Å². The van der Waals surface area contributed by atoms with E-state index in [9.17, 15) is 4.79 Å². The maximum atomic E-state index is 11.6. The van der Waals surface area contributed by atoms with Gasteiger partial charge in [0.2, 0.25) is 5.91 Å². The first-order chi connectivity index (χ1) is 8.63. The van der Waals surface area contributed by atoms with Gasteiger partial charge in [0.05, 0.1) is 10.7 Å². The minimum absolute atomic E-state index is 0.0927. The number of rotatable bonds is 6. The Hall–Kier alpha value is -1.20. The molecule has 0 spiro atoms. The molecule has 0 aliphatic heterocycles. The Morgan fingerprint density at radius 3 is 3.00 bits per heavy atom. The zero-order chi connectivity index (χ0) is 13.0. The van der Waals surface area contributed by atoms with E-state index in [1.165, 1.54) is 6.08 Å². The van der Waals surface area contributed by atoms with Crippen molar-refractivity contribution >= 4 is 23.3 Å². The summed E-state index contributed by atoms with van der Waals surface area (Å²) in [6.07, 6.45) is 6.22. The first kappa shape index (κ1) is 13.2. The van der Waals surface area contributed by atoms with Crippen molar-refractivity contribution in [2.75, 3.05) is 13.2 Å². The van der Waals surface area contributed by atoms with E-state index in [2.05, 4.69) is 10.3 Å². The molecule has 1 aromatic heterocycles. The Balaban J connectivity index is 1.77. The molecule has 2 N–H and O–H groups in total. The van der Waals surface area contributed by atoms with Crippen molar-refractivity contribution in [3.63, 3.8) is 0 Å². The van der Waals surface area contributed by atoms with E-state index in [1.54, 1.807) is 17.4 Å². The van der Waals surface area contributed by atoms with Crippen molar-refractivity contribution in [3.05, 3.63) is 22.2 Å². The molecule has 0 unspecified atom stereocenters. The van der Waals surface area contributed by atoms with Crippen molar-refractivity contribution in [1.82, 2.24) is 10.3 Å². The normalized spacial score (nSPS) is 17.0. The highest BCUT2D eigenvalue weighted by Gasteiger charge is 2.41. The largest absolute Gasteiger partial charge is 0.396 e. The van der Waals surface area contributed by atoms with Gasteiger partial charge < -0.3 is 10.4 Å². The van der Waals surface area contributed by atoms with E-state index in [-0.39, 0.29) is 17.9 Å². The zero-order valence-electron chi connectivity index (χ0n) is 10.5. The number of carbonyl (C=O) groups is 1. The third kappa shape index (κ3) is 3.65. The Kier molecular flexibility index (Phi) is 4.14. The highest BCUT2D eigenvalue weighted by Crippen LogP contribution is 2.47. The van der Waals surface area contributed by atoms with E-state index in [0.29, 0.717) is 6.54 Å². The SMILES string of the molecule is Cc1nc(/C=C/C(=O)NCC2(CCO)CC2)cs1. The first-order valence-electron chi connectivity index (χ1n) is 6.12. The summed E-state index contributed by atoms with van der Waals surface area (Å²) in [5, 5.41) is 14.7. The Labute approximate surface area is 111 Å². The second-order valence-electron chi connectivity index (χ2n) is 4.82. The number of thiazole rings is 1. The van der Waals surface area contributed by atoms with Crippen LogP contribution < -0.4 is 5.32 Å². The smallest absolute Gasteiger partial charge is 0.244 e. The average molecular weight is 266 g/mol. The Bertz CT molecular complexity index is 450. The molecule has 1 aliphatic rings. The van der Waals surface area contributed by atoms with Gasteiger partial charge in [0.25, 0.3) is 0 Å². The highest BCUT2D eigenvalue weighted by atomic mass is 32.1. The topological polar surface area (TPSA) is 62.2 Å². The molecule has 0 atom stereocenters. The van der Waals surface area contributed by atoms with Crippen LogP contribution in [0.4, 0.5) is 0 Å². The quantitative estimate of drug-likeness (QED) is 0.771. The Morgan fingerprint density at radius 2 is 2.44 bits per heavy atom. The van der Waals surface area contributed by atoms with Crippen LogP contribution >= 0.6 is 11.3 Å². The molecule has 18 heavy (non-hydrogen) atoms. The monoisotopic (exact) mass is 266 g/mol. The zero-order valence-corrected chi connectivity index (χ0v) is 11.3. The predicted octanol–water partition coefficient (Wildman–Crippen LogP) is 1.74. The van der Waals surface area contributed by atoms with Gasteiger partial charge in [-0.1, -0.05) is 0 Å². The number of nitrogens with zero attached hydrogens (tertiary/aromatic N) is 1. The third-order valence-corrected chi connectivity index (χ3v) is 4.07. The fourth-order valence-corrected chi connectivity index (χ4v) is 2.46. The lowest BCUT2D eigenvalue weighted by atomic mass is 10.0. The van der Waals surface area contributed by atoms with Gasteiger partial charge in [0.1, 0.15) is 0 Å². The molecule has 98 valence electrons. The van der Waals surface area contributed by atoms with E-state index in [0.717, 1.165) is 30.0 Å². The lowest BCUT2D eigenvalue weighted by Crippen LogP contribution is -2.29. The lowest BCUT2D eigenvalue weighted by Gasteiger charge is -2.13. The van der Waals surface area contributed by atoms with Crippen LogP contribution in [0.2, 0.25) is 0 Å². The van der Waals surface area contributed by atoms with Gasteiger partial charge >= 0.3 is 0 Å².